The minimum atomic E-state index is -0.680. The van der Waals surface area contributed by atoms with E-state index in [1.165, 1.54) is 36.0 Å². The molecule has 0 bridgehead atoms. The molecule has 0 aliphatic carbocycles. The molecule has 0 fully saturated rings. The van der Waals surface area contributed by atoms with Gasteiger partial charge in [0.25, 0.3) is 11.8 Å². The molecule has 1 unspecified atom stereocenters. The number of halogens is 2. The van der Waals surface area contributed by atoms with Gasteiger partial charge >= 0.3 is 0 Å². The van der Waals surface area contributed by atoms with Crippen LogP contribution in [0.3, 0.4) is 0 Å². The average Bonchev–Trinajstić information content (AvgIpc) is 3.13. The summed E-state index contributed by atoms with van der Waals surface area (Å²) in [4.78, 5) is 40.9. The molecule has 1 atom stereocenters. The van der Waals surface area contributed by atoms with E-state index in [2.05, 4.69) is 16.0 Å². The number of amides is 3. The Morgan fingerprint density at radius 1 is 0.673 bits per heavy atom. The number of benzene rings is 6. The number of carbonyl (C=O) groups excluding carboxylic acids is 3. The van der Waals surface area contributed by atoms with Crippen LogP contribution in [0.25, 0.3) is 16.8 Å². The van der Waals surface area contributed by atoms with E-state index in [1.54, 1.807) is 54.6 Å². The number of hydrogen-bond acceptors (Lipinski definition) is 4. The molecule has 0 aliphatic heterocycles. The highest BCUT2D eigenvalue weighted by Gasteiger charge is 2.23. The predicted molar refractivity (Wildman–Crippen MR) is 196 cm³/mol. The Bertz CT molecular complexity index is 2140. The molecule has 0 saturated carbocycles. The van der Waals surface area contributed by atoms with Gasteiger partial charge in [-0.1, -0.05) is 96.5 Å². The molecule has 6 rings (SSSR count). The largest absolute Gasteiger partial charge is 0.325 e. The van der Waals surface area contributed by atoms with Crippen molar-refractivity contribution in [2.75, 3.05) is 10.6 Å². The molecule has 6 nitrogen and oxygen atoms in total. The monoisotopic (exact) mass is 685 g/mol. The van der Waals surface area contributed by atoms with Gasteiger partial charge in [0.05, 0.1) is 5.02 Å². The summed E-state index contributed by atoms with van der Waals surface area (Å²) in [5, 5.41) is 10.0. The second-order valence-electron chi connectivity index (χ2n) is 11.0. The van der Waals surface area contributed by atoms with Gasteiger partial charge in [-0.3, -0.25) is 14.4 Å². The lowest BCUT2D eigenvalue weighted by molar-refractivity contribution is -0.116. The minimum absolute atomic E-state index is 0.0386. The lowest BCUT2D eigenvalue weighted by Gasteiger charge is -2.18. The van der Waals surface area contributed by atoms with Crippen LogP contribution in [-0.2, 0) is 9.59 Å². The Hall–Kier alpha value is -5.70. The van der Waals surface area contributed by atoms with E-state index in [1.807, 2.05) is 72.8 Å². The summed E-state index contributed by atoms with van der Waals surface area (Å²) >= 11 is 7.59. The van der Waals surface area contributed by atoms with Crippen LogP contribution in [0.5, 0.6) is 0 Å². The van der Waals surface area contributed by atoms with E-state index < -0.39 is 22.9 Å². The molecule has 6 aromatic carbocycles. The molecule has 0 spiro atoms. The molecule has 3 amide bonds. The molecule has 9 heteroatoms. The van der Waals surface area contributed by atoms with Crippen LogP contribution in [0.1, 0.15) is 26.7 Å². The van der Waals surface area contributed by atoms with Crippen molar-refractivity contribution in [3.63, 3.8) is 0 Å². The summed E-state index contributed by atoms with van der Waals surface area (Å²) in [5.74, 6) is -2.05. The molecule has 49 heavy (non-hydrogen) atoms. The Kier molecular flexibility index (Phi) is 10.5. The predicted octanol–water partition coefficient (Wildman–Crippen LogP) is 9.51. The van der Waals surface area contributed by atoms with Crippen molar-refractivity contribution in [1.29, 1.82) is 0 Å². The zero-order chi connectivity index (χ0) is 34.2. The molecule has 242 valence electrons. The van der Waals surface area contributed by atoms with Crippen LogP contribution in [0.2, 0.25) is 5.02 Å². The lowest BCUT2D eigenvalue weighted by Crippen LogP contribution is -2.30. The topological polar surface area (TPSA) is 87.3 Å². The van der Waals surface area contributed by atoms with Gasteiger partial charge in [-0.15, -0.1) is 11.8 Å². The highest BCUT2D eigenvalue weighted by Crippen LogP contribution is 2.37. The number of thioether (sulfide) groups is 1. The van der Waals surface area contributed by atoms with Gasteiger partial charge in [-0.25, -0.2) is 4.39 Å². The van der Waals surface area contributed by atoms with Crippen molar-refractivity contribution >= 4 is 69.3 Å². The Morgan fingerprint density at radius 3 is 2.04 bits per heavy atom. The summed E-state index contributed by atoms with van der Waals surface area (Å²) in [6, 6.07) is 42.7. The first-order chi connectivity index (χ1) is 23.8. The summed E-state index contributed by atoms with van der Waals surface area (Å²) in [5.41, 5.74) is 2.03. The van der Waals surface area contributed by atoms with Crippen LogP contribution in [0, 0.1) is 5.82 Å². The van der Waals surface area contributed by atoms with Gasteiger partial charge in [-0.05, 0) is 83.1 Å². The molecule has 0 radical (unpaired) electrons. The quantitative estimate of drug-likeness (QED) is 0.0990. The van der Waals surface area contributed by atoms with E-state index >= 15 is 0 Å². The fourth-order valence-corrected chi connectivity index (χ4v) is 6.30. The van der Waals surface area contributed by atoms with Gasteiger partial charge in [0.2, 0.25) is 5.91 Å². The number of fused-ring (bicyclic) bond motifs is 1. The zero-order valence-electron chi connectivity index (χ0n) is 25.9. The average molecular weight is 686 g/mol. The fourth-order valence-electron chi connectivity index (χ4n) is 5.06. The molecule has 0 saturated heterocycles. The molecule has 0 aromatic heterocycles. The van der Waals surface area contributed by atoms with E-state index in [4.69, 9.17) is 11.6 Å². The molecular weight excluding hydrogens is 657 g/mol. The summed E-state index contributed by atoms with van der Waals surface area (Å²) in [6.45, 7) is 0. The summed E-state index contributed by atoms with van der Waals surface area (Å²) in [7, 11) is 0. The highest BCUT2D eigenvalue weighted by molar-refractivity contribution is 8.00. The van der Waals surface area contributed by atoms with E-state index in [0.29, 0.717) is 16.9 Å². The van der Waals surface area contributed by atoms with Crippen molar-refractivity contribution in [2.24, 2.45) is 0 Å². The number of anilines is 2. The Balaban J connectivity index is 1.20. The maximum atomic E-state index is 14.7. The van der Waals surface area contributed by atoms with Crippen LogP contribution >= 0.6 is 23.4 Å². The van der Waals surface area contributed by atoms with Crippen LogP contribution in [-0.4, -0.2) is 17.7 Å². The smallest absolute Gasteiger partial charge is 0.272 e. The Labute approximate surface area is 292 Å². The van der Waals surface area contributed by atoms with Crippen molar-refractivity contribution in [3.05, 3.63) is 179 Å². The zero-order valence-corrected chi connectivity index (χ0v) is 27.5. The third-order valence-electron chi connectivity index (χ3n) is 7.54. The second kappa shape index (κ2) is 15.5. The minimum Gasteiger partial charge on any atom is -0.325 e. The summed E-state index contributed by atoms with van der Waals surface area (Å²) < 4.78 is 14.7. The van der Waals surface area contributed by atoms with Gasteiger partial charge in [-0.2, -0.15) is 0 Å². The van der Waals surface area contributed by atoms with Crippen LogP contribution in [0.15, 0.2) is 156 Å². The van der Waals surface area contributed by atoms with Crippen molar-refractivity contribution < 1.29 is 18.8 Å². The summed E-state index contributed by atoms with van der Waals surface area (Å²) in [6.07, 6.45) is 1.21. The number of nitrogens with one attached hydrogen (secondary N) is 3. The lowest BCUT2D eigenvalue weighted by atomic mass is 10.1. The maximum absolute atomic E-state index is 14.7. The van der Waals surface area contributed by atoms with Crippen molar-refractivity contribution in [2.45, 2.75) is 10.1 Å². The standard InChI is InChI=1S/C40H29ClFN3O3S/c41-34-16-9-17-35(42)33(34)25-36(45-38(46)28-13-5-2-6-14-28)39(47)43-30-20-22-32(23-21-30)49-37(27-11-3-1-4-12-27)40(48)44-31-19-18-26-10-7-8-15-29(26)24-31/h1-25,37H,(H,43,47)(H,44,48)(H,45,46)/b36-25-. The van der Waals surface area contributed by atoms with Gasteiger partial charge in [0.15, 0.2) is 0 Å². The van der Waals surface area contributed by atoms with E-state index in [9.17, 15) is 18.8 Å². The first kappa shape index (κ1) is 33.2. The number of hydrogen-bond donors (Lipinski definition) is 3. The molecular formula is C40H29ClFN3O3S. The first-order valence-corrected chi connectivity index (χ1v) is 16.5. The third-order valence-corrected chi connectivity index (χ3v) is 9.14. The fraction of sp³-hybridized carbons (Fsp3) is 0.0250. The van der Waals surface area contributed by atoms with Gasteiger partial charge in [0, 0.05) is 27.4 Å². The van der Waals surface area contributed by atoms with Gasteiger partial charge < -0.3 is 16.0 Å². The van der Waals surface area contributed by atoms with Crippen molar-refractivity contribution in [1.82, 2.24) is 5.32 Å². The van der Waals surface area contributed by atoms with Gasteiger partial charge in [0.1, 0.15) is 16.8 Å². The normalized spacial score (nSPS) is 11.8. The first-order valence-electron chi connectivity index (χ1n) is 15.3. The van der Waals surface area contributed by atoms with Crippen LogP contribution < -0.4 is 16.0 Å². The maximum Gasteiger partial charge on any atom is 0.272 e. The number of rotatable bonds is 10. The van der Waals surface area contributed by atoms with Crippen molar-refractivity contribution in [3.8, 4) is 0 Å². The molecule has 0 heterocycles. The highest BCUT2D eigenvalue weighted by atomic mass is 35.5. The molecule has 0 aliphatic rings. The third kappa shape index (κ3) is 8.43. The van der Waals surface area contributed by atoms with Crippen LogP contribution in [0.4, 0.5) is 15.8 Å². The molecule has 6 aromatic rings. The Morgan fingerprint density at radius 2 is 1.33 bits per heavy atom. The number of carbonyl (C=O) groups is 3. The van der Waals surface area contributed by atoms with E-state index in [-0.39, 0.29) is 22.2 Å². The molecule has 3 N–H and O–H groups in total. The second-order valence-corrected chi connectivity index (χ2v) is 12.5. The van der Waals surface area contributed by atoms with E-state index in [0.717, 1.165) is 21.2 Å². The SMILES string of the molecule is O=C(Nc1ccc(SC(C(=O)Nc2ccc3ccccc3c2)c2ccccc2)cc1)/C(=C/c1c(F)cccc1Cl)NC(=O)c1ccccc1.